The first-order chi connectivity index (χ1) is 12.7. The van der Waals surface area contributed by atoms with Gasteiger partial charge in [0.1, 0.15) is 6.04 Å². The van der Waals surface area contributed by atoms with Gasteiger partial charge in [0, 0.05) is 32.6 Å². The molecule has 1 unspecified atom stereocenters. The number of hydrogen-bond acceptors (Lipinski definition) is 4. The van der Waals surface area contributed by atoms with Crippen LogP contribution in [0.4, 0.5) is 0 Å². The molecule has 26 heavy (non-hydrogen) atoms. The third-order valence-corrected chi connectivity index (χ3v) is 5.63. The zero-order valence-electron chi connectivity index (χ0n) is 15.1. The van der Waals surface area contributed by atoms with E-state index in [1.54, 1.807) is 6.07 Å². The predicted molar refractivity (Wildman–Crippen MR) is 104 cm³/mol. The first-order valence-corrected chi connectivity index (χ1v) is 9.94. The van der Waals surface area contributed by atoms with Crippen molar-refractivity contribution >= 4 is 23.2 Å². The van der Waals surface area contributed by atoms with E-state index in [-0.39, 0.29) is 11.8 Å². The van der Waals surface area contributed by atoms with Gasteiger partial charge in [-0.05, 0) is 23.6 Å². The number of nitrogens with one attached hydrogen (secondary N) is 1. The summed E-state index contributed by atoms with van der Waals surface area (Å²) < 4.78 is 0. The summed E-state index contributed by atoms with van der Waals surface area (Å²) in [4.78, 5) is 30.5. The number of piperazine rings is 1. The lowest BCUT2D eigenvalue weighted by atomic mass is 10.0. The molecule has 1 aliphatic rings. The fourth-order valence-electron chi connectivity index (χ4n) is 3.19. The van der Waals surface area contributed by atoms with Crippen molar-refractivity contribution in [1.82, 2.24) is 15.1 Å². The lowest BCUT2D eigenvalue weighted by Gasteiger charge is -2.36. The normalized spacial score (nSPS) is 16.3. The summed E-state index contributed by atoms with van der Waals surface area (Å²) in [5.74, 6) is -0.170. The van der Waals surface area contributed by atoms with Crippen molar-refractivity contribution in [2.24, 2.45) is 0 Å². The highest BCUT2D eigenvalue weighted by Gasteiger charge is 2.29. The van der Waals surface area contributed by atoms with Crippen LogP contribution in [0.2, 0.25) is 0 Å². The zero-order valence-corrected chi connectivity index (χ0v) is 15.9. The van der Waals surface area contributed by atoms with E-state index < -0.39 is 6.04 Å². The van der Waals surface area contributed by atoms with Gasteiger partial charge in [0.25, 0.3) is 5.91 Å². The van der Waals surface area contributed by atoms with Crippen LogP contribution in [-0.2, 0) is 11.2 Å². The molecule has 0 spiro atoms. The number of rotatable bonds is 6. The summed E-state index contributed by atoms with van der Waals surface area (Å²) in [7, 11) is 0. The molecule has 1 saturated heterocycles. The third-order valence-electron chi connectivity index (χ3n) is 4.76. The highest BCUT2D eigenvalue weighted by atomic mass is 32.1. The van der Waals surface area contributed by atoms with Crippen molar-refractivity contribution in [3.8, 4) is 0 Å². The molecular formula is C20H25N3O2S. The van der Waals surface area contributed by atoms with E-state index in [1.165, 1.54) is 11.3 Å². The molecule has 1 atom stereocenters. The van der Waals surface area contributed by atoms with Crippen LogP contribution in [0.3, 0.4) is 0 Å². The van der Waals surface area contributed by atoms with Gasteiger partial charge in [-0.1, -0.05) is 43.3 Å². The second-order valence-electron chi connectivity index (χ2n) is 6.45. The largest absolute Gasteiger partial charge is 0.339 e. The van der Waals surface area contributed by atoms with Gasteiger partial charge in [-0.3, -0.25) is 9.59 Å². The fraction of sp³-hybridized carbons (Fsp3) is 0.400. The van der Waals surface area contributed by atoms with Gasteiger partial charge in [-0.15, -0.1) is 11.3 Å². The summed E-state index contributed by atoms with van der Waals surface area (Å²) >= 11 is 1.39. The Labute approximate surface area is 158 Å². The predicted octanol–water partition coefficient (Wildman–Crippen LogP) is 2.25. The highest BCUT2D eigenvalue weighted by molar-refractivity contribution is 7.12. The highest BCUT2D eigenvalue weighted by Crippen LogP contribution is 2.12. The maximum atomic E-state index is 13.1. The molecule has 0 aliphatic carbocycles. The minimum Gasteiger partial charge on any atom is -0.339 e. The summed E-state index contributed by atoms with van der Waals surface area (Å²) in [6.07, 6.45) is 0.505. The summed E-state index contributed by atoms with van der Waals surface area (Å²) in [6, 6.07) is 12.9. The van der Waals surface area contributed by atoms with Gasteiger partial charge in [0.15, 0.2) is 0 Å². The number of amides is 2. The van der Waals surface area contributed by atoms with Crippen molar-refractivity contribution in [2.75, 3.05) is 32.7 Å². The number of likely N-dealkylation sites (N-methyl/N-ethyl adjacent to an activating group) is 1. The Morgan fingerprint density at radius 3 is 2.42 bits per heavy atom. The number of benzene rings is 1. The summed E-state index contributed by atoms with van der Waals surface area (Å²) in [5, 5.41) is 4.82. The van der Waals surface area contributed by atoms with E-state index in [1.807, 2.05) is 46.7 Å². The fourth-order valence-corrected chi connectivity index (χ4v) is 3.82. The lowest BCUT2D eigenvalue weighted by molar-refractivity contribution is -0.135. The zero-order chi connectivity index (χ0) is 18.4. The average Bonchev–Trinajstić information content (AvgIpc) is 3.23. The first kappa shape index (κ1) is 18.6. The van der Waals surface area contributed by atoms with E-state index in [0.29, 0.717) is 24.4 Å². The second-order valence-corrected chi connectivity index (χ2v) is 7.40. The number of thiophene rings is 1. The Morgan fingerprint density at radius 1 is 1.08 bits per heavy atom. The van der Waals surface area contributed by atoms with E-state index in [2.05, 4.69) is 17.1 Å². The minimum absolute atomic E-state index is 0.00881. The molecule has 138 valence electrons. The Balaban J connectivity index is 1.71. The number of carbonyl (C=O) groups is 2. The van der Waals surface area contributed by atoms with Gasteiger partial charge in [0.05, 0.1) is 4.88 Å². The maximum Gasteiger partial charge on any atom is 0.262 e. The molecule has 3 rings (SSSR count). The quantitative estimate of drug-likeness (QED) is 0.847. The molecule has 1 aromatic heterocycles. The van der Waals surface area contributed by atoms with E-state index in [4.69, 9.17) is 0 Å². The molecule has 1 aliphatic heterocycles. The molecule has 0 saturated carbocycles. The van der Waals surface area contributed by atoms with Crippen LogP contribution in [0.15, 0.2) is 47.8 Å². The van der Waals surface area contributed by atoms with Gasteiger partial charge in [-0.2, -0.15) is 0 Å². The van der Waals surface area contributed by atoms with Crippen LogP contribution in [0.1, 0.15) is 22.2 Å². The van der Waals surface area contributed by atoms with E-state index in [9.17, 15) is 9.59 Å². The Morgan fingerprint density at radius 2 is 1.81 bits per heavy atom. The molecule has 5 nitrogen and oxygen atoms in total. The topological polar surface area (TPSA) is 52.6 Å². The van der Waals surface area contributed by atoms with Gasteiger partial charge >= 0.3 is 0 Å². The van der Waals surface area contributed by atoms with Crippen LogP contribution in [0, 0.1) is 0 Å². The third kappa shape index (κ3) is 4.71. The smallest absolute Gasteiger partial charge is 0.262 e. The molecule has 2 aromatic rings. The number of nitrogens with zero attached hydrogens (tertiary/aromatic N) is 2. The van der Waals surface area contributed by atoms with Crippen molar-refractivity contribution < 1.29 is 9.59 Å². The van der Waals surface area contributed by atoms with E-state index >= 15 is 0 Å². The van der Waals surface area contributed by atoms with E-state index in [0.717, 1.165) is 25.2 Å². The molecule has 6 heteroatoms. The molecule has 0 radical (unpaired) electrons. The Bertz CT molecular complexity index is 710. The molecule has 1 aromatic carbocycles. The SMILES string of the molecule is CCN1CCN(C(=O)C(Cc2ccccc2)NC(=O)c2cccs2)CC1. The standard InChI is InChI=1S/C20H25N3O2S/c1-2-22-10-12-23(13-11-22)20(25)17(15-16-7-4-3-5-8-16)21-19(24)18-9-6-14-26-18/h3-9,14,17H,2,10-13,15H2,1H3,(H,21,24). The molecule has 2 heterocycles. The Hall–Kier alpha value is -2.18. The molecule has 1 fully saturated rings. The van der Waals surface area contributed by atoms with Crippen LogP contribution >= 0.6 is 11.3 Å². The van der Waals surface area contributed by atoms with Gasteiger partial charge in [0.2, 0.25) is 5.91 Å². The van der Waals surface area contributed by atoms with Crippen molar-refractivity contribution in [1.29, 1.82) is 0 Å². The average molecular weight is 372 g/mol. The monoisotopic (exact) mass is 371 g/mol. The first-order valence-electron chi connectivity index (χ1n) is 9.07. The van der Waals surface area contributed by atoms with Gasteiger partial charge in [-0.25, -0.2) is 0 Å². The second kappa shape index (κ2) is 8.96. The minimum atomic E-state index is -0.542. The van der Waals surface area contributed by atoms with Crippen LogP contribution in [0.25, 0.3) is 0 Å². The number of carbonyl (C=O) groups excluding carboxylic acids is 2. The van der Waals surface area contributed by atoms with Crippen LogP contribution in [-0.4, -0.2) is 60.4 Å². The van der Waals surface area contributed by atoms with Crippen LogP contribution in [0.5, 0.6) is 0 Å². The van der Waals surface area contributed by atoms with Gasteiger partial charge < -0.3 is 15.1 Å². The molecule has 2 amide bonds. The molecule has 0 bridgehead atoms. The van der Waals surface area contributed by atoms with Crippen LogP contribution < -0.4 is 5.32 Å². The van der Waals surface area contributed by atoms with Crippen molar-refractivity contribution in [2.45, 2.75) is 19.4 Å². The van der Waals surface area contributed by atoms with Crippen molar-refractivity contribution in [3.63, 3.8) is 0 Å². The molecule has 1 N–H and O–H groups in total. The van der Waals surface area contributed by atoms with Crippen molar-refractivity contribution in [3.05, 3.63) is 58.3 Å². The maximum absolute atomic E-state index is 13.1. The Kier molecular flexibility index (Phi) is 6.41. The lowest BCUT2D eigenvalue weighted by Crippen LogP contribution is -2.55. The molecular weight excluding hydrogens is 346 g/mol. The summed E-state index contributed by atoms with van der Waals surface area (Å²) in [6.45, 7) is 6.35. The summed E-state index contributed by atoms with van der Waals surface area (Å²) in [5.41, 5.74) is 1.05. The number of hydrogen-bond donors (Lipinski definition) is 1.